The van der Waals surface area contributed by atoms with Gasteiger partial charge >= 0.3 is 0 Å². The highest BCUT2D eigenvalue weighted by atomic mass is 16.5. The van der Waals surface area contributed by atoms with Gasteiger partial charge in [0.2, 0.25) is 5.95 Å². The van der Waals surface area contributed by atoms with Crippen molar-refractivity contribution >= 4 is 22.5 Å². The van der Waals surface area contributed by atoms with E-state index in [2.05, 4.69) is 9.88 Å². The van der Waals surface area contributed by atoms with Gasteiger partial charge < -0.3 is 20.3 Å². The highest BCUT2D eigenvalue weighted by Gasteiger charge is 2.41. The molecule has 1 aromatic carbocycles. The minimum atomic E-state index is -0.804. The molecule has 1 spiro atoms. The monoisotopic (exact) mass is 383 g/mol. The molecule has 28 heavy (non-hydrogen) atoms. The van der Waals surface area contributed by atoms with Gasteiger partial charge in [0.15, 0.2) is 6.23 Å². The number of hydrogen-bond donors (Lipinski definition) is 2. The Balaban J connectivity index is 1.54. The molecule has 148 valence electrons. The van der Waals surface area contributed by atoms with Crippen LogP contribution in [0.3, 0.4) is 0 Å². The standard InChI is InChI=1S/C20H25N5O3/c1-27-15-6-2-5-13-16(15)23-19(21)25-11-14(22-17(13)25)18(26)24-9-3-7-20(12-24)8-4-10-28-20/h2,5-6,11,18,26H,3-4,7-10,12H2,1H3,(H2,21,23). The Morgan fingerprint density at radius 1 is 1.29 bits per heavy atom. The van der Waals surface area contributed by atoms with Gasteiger partial charge in [0.05, 0.1) is 12.7 Å². The molecule has 0 amide bonds. The SMILES string of the molecule is COc1cccc2c1nc(N)n1cc(C(O)N3CCCC4(CCCO4)C3)nc21. The lowest BCUT2D eigenvalue weighted by atomic mass is 9.90. The minimum absolute atomic E-state index is 0.112. The lowest BCUT2D eigenvalue weighted by Gasteiger charge is -2.41. The van der Waals surface area contributed by atoms with Gasteiger partial charge in [0, 0.05) is 31.3 Å². The number of piperidine rings is 1. The van der Waals surface area contributed by atoms with Crippen molar-refractivity contribution in [1.82, 2.24) is 19.3 Å². The normalized spacial score (nSPS) is 24.4. The molecule has 8 heteroatoms. The number of nitrogens with zero attached hydrogens (tertiary/aromatic N) is 4. The number of anilines is 1. The van der Waals surface area contributed by atoms with E-state index in [-0.39, 0.29) is 5.60 Å². The van der Waals surface area contributed by atoms with E-state index in [4.69, 9.17) is 20.2 Å². The lowest BCUT2D eigenvalue weighted by Crippen LogP contribution is -2.49. The number of aromatic nitrogens is 3. The number of ether oxygens (including phenoxy) is 2. The minimum Gasteiger partial charge on any atom is -0.494 e. The van der Waals surface area contributed by atoms with Crippen LogP contribution in [-0.2, 0) is 4.74 Å². The number of imidazole rings is 1. The number of likely N-dealkylation sites (tertiary alicyclic amines) is 1. The summed E-state index contributed by atoms with van der Waals surface area (Å²) in [6.07, 6.45) is 5.19. The third-order valence-corrected chi connectivity index (χ3v) is 6.02. The Bertz CT molecular complexity index is 1030. The van der Waals surface area contributed by atoms with Crippen molar-refractivity contribution in [1.29, 1.82) is 0 Å². The number of nitrogen functional groups attached to an aromatic ring is 1. The van der Waals surface area contributed by atoms with E-state index >= 15 is 0 Å². The average molecular weight is 383 g/mol. The van der Waals surface area contributed by atoms with Crippen LogP contribution in [0, 0.1) is 0 Å². The zero-order chi connectivity index (χ0) is 19.3. The van der Waals surface area contributed by atoms with Crippen LogP contribution in [0.25, 0.3) is 16.6 Å². The topological polar surface area (TPSA) is 98.1 Å². The molecule has 5 rings (SSSR count). The molecule has 2 aliphatic heterocycles. The number of hydrogen-bond acceptors (Lipinski definition) is 7. The van der Waals surface area contributed by atoms with Gasteiger partial charge in [-0.2, -0.15) is 0 Å². The smallest absolute Gasteiger partial charge is 0.206 e. The summed E-state index contributed by atoms with van der Waals surface area (Å²) in [6, 6.07) is 5.68. The predicted octanol–water partition coefficient (Wildman–Crippen LogP) is 2.11. The van der Waals surface area contributed by atoms with Gasteiger partial charge in [-0.15, -0.1) is 0 Å². The van der Waals surface area contributed by atoms with Gasteiger partial charge in [-0.3, -0.25) is 9.30 Å². The summed E-state index contributed by atoms with van der Waals surface area (Å²) >= 11 is 0. The molecule has 0 radical (unpaired) electrons. The molecule has 0 bridgehead atoms. The number of fused-ring (bicyclic) bond motifs is 3. The first-order valence-electron chi connectivity index (χ1n) is 9.77. The van der Waals surface area contributed by atoms with Crippen molar-refractivity contribution in [3.63, 3.8) is 0 Å². The number of methoxy groups -OCH3 is 1. The van der Waals surface area contributed by atoms with Crippen LogP contribution >= 0.6 is 0 Å². The first-order valence-corrected chi connectivity index (χ1v) is 9.77. The van der Waals surface area contributed by atoms with Crippen molar-refractivity contribution in [3.8, 4) is 5.75 Å². The Kier molecular flexibility index (Phi) is 4.15. The second kappa shape index (κ2) is 6.58. The van der Waals surface area contributed by atoms with Gasteiger partial charge in [-0.25, -0.2) is 9.97 Å². The number of para-hydroxylation sites is 1. The summed E-state index contributed by atoms with van der Waals surface area (Å²) in [5, 5.41) is 11.9. The van der Waals surface area contributed by atoms with Crippen molar-refractivity contribution in [3.05, 3.63) is 30.1 Å². The van der Waals surface area contributed by atoms with Crippen molar-refractivity contribution in [2.75, 3.05) is 32.5 Å². The molecule has 2 aliphatic rings. The largest absolute Gasteiger partial charge is 0.494 e. The fourth-order valence-corrected chi connectivity index (χ4v) is 4.64. The van der Waals surface area contributed by atoms with E-state index in [1.807, 2.05) is 18.2 Å². The van der Waals surface area contributed by atoms with Crippen LogP contribution < -0.4 is 10.5 Å². The Hall–Kier alpha value is -2.42. The maximum absolute atomic E-state index is 11.1. The second-order valence-electron chi connectivity index (χ2n) is 7.77. The summed E-state index contributed by atoms with van der Waals surface area (Å²) in [4.78, 5) is 11.3. The summed E-state index contributed by atoms with van der Waals surface area (Å²) in [7, 11) is 1.61. The first-order chi connectivity index (χ1) is 13.6. The van der Waals surface area contributed by atoms with Crippen LogP contribution in [-0.4, -0.2) is 56.8 Å². The van der Waals surface area contributed by atoms with Crippen LogP contribution in [0.2, 0.25) is 0 Å². The number of aliphatic hydroxyl groups is 1. The van der Waals surface area contributed by atoms with E-state index in [0.717, 1.165) is 50.8 Å². The molecule has 0 saturated carbocycles. The Morgan fingerprint density at radius 3 is 2.93 bits per heavy atom. The summed E-state index contributed by atoms with van der Waals surface area (Å²) in [5.41, 5.74) is 7.96. The lowest BCUT2D eigenvalue weighted by molar-refractivity contribution is -0.103. The third-order valence-electron chi connectivity index (χ3n) is 6.02. The van der Waals surface area contributed by atoms with Crippen LogP contribution in [0.15, 0.2) is 24.4 Å². The zero-order valence-corrected chi connectivity index (χ0v) is 16.0. The van der Waals surface area contributed by atoms with Gasteiger partial charge in [0.1, 0.15) is 22.6 Å². The highest BCUT2D eigenvalue weighted by molar-refractivity contribution is 5.96. The molecular weight excluding hydrogens is 358 g/mol. The highest BCUT2D eigenvalue weighted by Crippen LogP contribution is 2.37. The van der Waals surface area contributed by atoms with E-state index < -0.39 is 6.23 Å². The van der Waals surface area contributed by atoms with E-state index in [9.17, 15) is 5.11 Å². The molecule has 3 aromatic rings. The van der Waals surface area contributed by atoms with Crippen LogP contribution in [0.5, 0.6) is 5.75 Å². The molecule has 2 unspecified atom stereocenters. The van der Waals surface area contributed by atoms with Crippen molar-refractivity contribution in [2.45, 2.75) is 37.5 Å². The summed E-state index contributed by atoms with van der Waals surface area (Å²) < 4.78 is 13.2. The van der Waals surface area contributed by atoms with E-state index in [0.29, 0.717) is 28.6 Å². The molecular formula is C20H25N5O3. The number of nitrogens with two attached hydrogens (primary N) is 1. The Labute approximate surface area is 162 Å². The molecule has 2 saturated heterocycles. The third kappa shape index (κ3) is 2.71. The van der Waals surface area contributed by atoms with Crippen LogP contribution in [0.4, 0.5) is 5.95 Å². The van der Waals surface area contributed by atoms with E-state index in [1.54, 1.807) is 17.7 Å². The van der Waals surface area contributed by atoms with E-state index in [1.165, 1.54) is 0 Å². The number of rotatable bonds is 3. The van der Waals surface area contributed by atoms with Crippen LogP contribution in [0.1, 0.15) is 37.6 Å². The van der Waals surface area contributed by atoms with Gasteiger partial charge in [-0.1, -0.05) is 6.07 Å². The molecule has 3 N–H and O–H groups in total. The van der Waals surface area contributed by atoms with Crippen molar-refractivity contribution < 1.29 is 14.6 Å². The number of benzene rings is 1. The average Bonchev–Trinajstić information content (AvgIpc) is 3.35. The molecule has 2 aromatic heterocycles. The first kappa shape index (κ1) is 17.7. The fraction of sp³-hybridized carbons (Fsp3) is 0.500. The summed E-state index contributed by atoms with van der Waals surface area (Å²) in [5.74, 6) is 0.959. The molecule has 2 fully saturated rings. The predicted molar refractivity (Wildman–Crippen MR) is 105 cm³/mol. The fourth-order valence-electron chi connectivity index (χ4n) is 4.64. The quantitative estimate of drug-likeness (QED) is 0.715. The molecule has 4 heterocycles. The Morgan fingerprint density at radius 2 is 2.14 bits per heavy atom. The maximum Gasteiger partial charge on any atom is 0.206 e. The summed E-state index contributed by atoms with van der Waals surface area (Å²) in [6.45, 7) is 2.36. The second-order valence-corrected chi connectivity index (χ2v) is 7.77. The molecule has 0 aliphatic carbocycles. The van der Waals surface area contributed by atoms with Gasteiger partial charge in [-0.05, 0) is 37.8 Å². The van der Waals surface area contributed by atoms with Gasteiger partial charge in [0.25, 0.3) is 0 Å². The zero-order valence-electron chi connectivity index (χ0n) is 16.0. The molecule has 2 atom stereocenters. The van der Waals surface area contributed by atoms with Crippen molar-refractivity contribution in [2.24, 2.45) is 0 Å². The maximum atomic E-state index is 11.1. The number of aliphatic hydroxyl groups excluding tert-OH is 1. The molecule has 8 nitrogen and oxygen atoms in total.